The average molecular weight is 292 g/mol. The number of nitrogens with two attached hydrogens (primary N) is 1. The van der Waals surface area contributed by atoms with Gasteiger partial charge in [-0.2, -0.15) is 0 Å². The van der Waals surface area contributed by atoms with Gasteiger partial charge in [-0.05, 0) is 31.4 Å². The van der Waals surface area contributed by atoms with Crippen LogP contribution in [0.15, 0.2) is 30.3 Å². The summed E-state index contributed by atoms with van der Waals surface area (Å²) in [4.78, 5) is 22.4. The molecule has 0 aliphatic rings. The molecule has 0 radical (unpaired) electrons. The molecular weight excluding hydrogens is 268 g/mol. The Morgan fingerprint density at radius 3 is 2.62 bits per heavy atom. The Labute approximate surface area is 125 Å². The average Bonchev–Trinajstić information content (AvgIpc) is 2.47. The van der Waals surface area contributed by atoms with Gasteiger partial charge in [-0.15, -0.1) is 0 Å². The first kappa shape index (κ1) is 17.0. The maximum absolute atomic E-state index is 11.8. The van der Waals surface area contributed by atoms with Crippen LogP contribution < -0.4 is 15.8 Å². The Morgan fingerprint density at radius 2 is 1.95 bits per heavy atom. The number of nitrogens with one attached hydrogen (secondary N) is 1. The van der Waals surface area contributed by atoms with Crippen LogP contribution in [0.5, 0.6) is 5.75 Å². The second-order valence-corrected chi connectivity index (χ2v) is 5.07. The Kier molecular flexibility index (Phi) is 7.94. The van der Waals surface area contributed by atoms with Crippen molar-refractivity contribution in [3.63, 3.8) is 0 Å². The zero-order valence-corrected chi connectivity index (χ0v) is 12.5. The molecular formula is C16H24N2O3. The van der Waals surface area contributed by atoms with Gasteiger partial charge >= 0.3 is 0 Å². The molecule has 0 aliphatic heterocycles. The minimum absolute atomic E-state index is 0.0192. The summed E-state index contributed by atoms with van der Waals surface area (Å²) in [6, 6.07) is 9.54. The fourth-order valence-corrected chi connectivity index (χ4v) is 1.81. The van der Waals surface area contributed by atoms with Gasteiger partial charge < -0.3 is 15.8 Å². The molecule has 21 heavy (non-hydrogen) atoms. The Bertz CT molecular complexity index is 434. The summed E-state index contributed by atoms with van der Waals surface area (Å²) in [7, 11) is 0. The van der Waals surface area contributed by atoms with Crippen LogP contribution in [0, 0.1) is 5.92 Å². The third-order valence-corrected chi connectivity index (χ3v) is 3.16. The molecule has 1 aromatic rings. The van der Waals surface area contributed by atoms with Gasteiger partial charge in [0.1, 0.15) is 5.75 Å². The topological polar surface area (TPSA) is 81.4 Å². The second-order valence-electron chi connectivity index (χ2n) is 5.07. The Hall–Kier alpha value is -2.04. The van der Waals surface area contributed by atoms with Crippen molar-refractivity contribution >= 4 is 11.8 Å². The van der Waals surface area contributed by atoms with E-state index in [2.05, 4.69) is 5.32 Å². The van der Waals surface area contributed by atoms with Gasteiger partial charge in [-0.25, -0.2) is 0 Å². The number of para-hydroxylation sites is 1. The number of carbonyl (C=O) groups excluding carboxylic acids is 2. The van der Waals surface area contributed by atoms with Crippen molar-refractivity contribution in [3.8, 4) is 5.75 Å². The van der Waals surface area contributed by atoms with Crippen molar-refractivity contribution in [1.29, 1.82) is 0 Å². The van der Waals surface area contributed by atoms with Gasteiger partial charge in [-0.1, -0.05) is 25.1 Å². The zero-order chi connectivity index (χ0) is 15.5. The van der Waals surface area contributed by atoms with Crippen LogP contribution in [0.4, 0.5) is 0 Å². The Morgan fingerprint density at radius 1 is 1.24 bits per heavy atom. The summed E-state index contributed by atoms with van der Waals surface area (Å²) >= 11 is 0. The molecule has 0 aliphatic carbocycles. The first-order valence-corrected chi connectivity index (χ1v) is 7.33. The molecule has 5 nitrogen and oxygen atoms in total. The van der Waals surface area contributed by atoms with E-state index in [1.807, 2.05) is 37.3 Å². The van der Waals surface area contributed by atoms with Crippen LogP contribution in [0.25, 0.3) is 0 Å². The Balaban J connectivity index is 2.09. The molecule has 116 valence electrons. The summed E-state index contributed by atoms with van der Waals surface area (Å²) in [5, 5.41) is 2.86. The van der Waals surface area contributed by atoms with E-state index in [0.717, 1.165) is 12.2 Å². The smallest absolute Gasteiger partial charge is 0.222 e. The van der Waals surface area contributed by atoms with E-state index >= 15 is 0 Å². The lowest BCUT2D eigenvalue weighted by Gasteiger charge is -2.12. The molecule has 0 saturated heterocycles. The third kappa shape index (κ3) is 7.97. The van der Waals surface area contributed by atoms with Gasteiger partial charge in [0.2, 0.25) is 11.8 Å². The highest BCUT2D eigenvalue weighted by molar-refractivity contribution is 5.78. The maximum atomic E-state index is 11.8. The first-order chi connectivity index (χ1) is 10.1. The van der Waals surface area contributed by atoms with E-state index in [4.69, 9.17) is 10.5 Å². The van der Waals surface area contributed by atoms with E-state index in [9.17, 15) is 9.59 Å². The molecule has 0 aromatic heterocycles. The molecule has 1 unspecified atom stereocenters. The molecule has 0 fully saturated rings. The summed E-state index contributed by atoms with van der Waals surface area (Å²) in [5.41, 5.74) is 5.05. The van der Waals surface area contributed by atoms with Crippen molar-refractivity contribution in [1.82, 2.24) is 5.32 Å². The number of hydrogen-bond acceptors (Lipinski definition) is 3. The van der Waals surface area contributed by atoms with Crippen molar-refractivity contribution in [3.05, 3.63) is 30.3 Å². The molecule has 0 spiro atoms. The molecule has 1 atom stereocenters. The SMILES string of the molecule is CC(CCOc1ccccc1)C(=O)NCCCCC(N)=O. The standard InChI is InChI=1S/C16H24N2O3/c1-13(10-12-21-14-7-3-2-4-8-14)16(20)18-11-6-5-9-15(17)19/h2-4,7-8,13H,5-6,9-12H2,1H3,(H2,17,19)(H,18,20). The van der Waals surface area contributed by atoms with Crippen molar-refractivity contribution in [2.75, 3.05) is 13.2 Å². The number of amides is 2. The van der Waals surface area contributed by atoms with Gasteiger partial charge in [0.25, 0.3) is 0 Å². The van der Waals surface area contributed by atoms with Crippen LogP contribution in [0.1, 0.15) is 32.6 Å². The lowest BCUT2D eigenvalue weighted by atomic mass is 10.1. The molecule has 5 heteroatoms. The fourth-order valence-electron chi connectivity index (χ4n) is 1.81. The number of ether oxygens (including phenoxy) is 1. The van der Waals surface area contributed by atoms with Crippen LogP contribution in [0.3, 0.4) is 0 Å². The number of hydrogen-bond donors (Lipinski definition) is 2. The van der Waals surface area contributed by atoms with Crippen LogP contribution in [-0.4, -0.2) is 25.0 Å². The van der Waals surface area contributed by atoms with Crippen molar-refractivity contribution in [2.24, 2.45) is 11.7 Å². The van der Waals surface area contributed by atoms with Crippen LogP contribution in [-0.2, 0) is 9.59 Å². The molecule has 3 N–H and O–H groups in total. The summed E-state index contributed by atoms with van der Waals surface area (Å²) in [6.07, 6.45) is 2.52. The zero-order valence-electron chi connectivity index (χ0n) is 12.5. The summed E-state index contributed by atoms with van der Waals surface area (Å²) < 4.78 is 5.56. The molecule has 1 rings (SSSR count). The van der Waals surface area contributed by atoms with E-state index in [1.165, 1.54) is 0 Å². The second kappa shape index (κ2) is 9.80. The molecule has 2 amide bonds. The molecule has 0 saturated carbocycles. The number of carbonyl (C=O) groups is 2. The number of primary amides is 1. The number of unbranched alkanes of at least 4 members (excludes halogenated alkanes) is 1. The number of benzene rings is 1. The van der Waals surface area contributed by atoms with E-state index in [-0.39, 0.29) is 17.7 Å². The summed E-state index contributed by atoms with van der Waals surface area (Å²) in [6.45, 7) is 2.98. The largest absolute Gasteiger partial charge is 0.494 e. The van der Waals surface area contributed by atoms with Gasteiger partial charge in [-0.3, -0.25) is 9.59 Å². The van der Waals surface area contributed by atoms with E-state index in [1.54, 1.807) is 0 Å². The quantitative estimate of drug-likeness (QED) is 0.646. The molecule has 1 aromatic carbocycles. The van der Waals surface area contributed by atoms with Gasteiger partial charge in [0.15, 0.2) is 0 Å². The van der Waals surface area contributed by atoms with Crippen molar-refractivity contribution in [2.45, 2.75) is 32.6 Å². The van der Waals surface area contributed by atoms with E-state index < -0.39 is 0 Å². The van der Waals surface area contributed by atoms with Crippen molar-refractivity contribution < 1.29 is 14.3 Å². The molecule has 0 bridgehead atoms. The highest BCUT2D eigenvalue weighted by Gasteiger charge is 2.12. The highest BCUT2D eigenvalue weighted by Crippen LogP contribution is 2.10. The molecule has 0 heterocycles. The lowest BCUT2D eigenvalue weighted by Crippen LogP contribution is -2.31. The monoisotopic (exact) mass is 292 g/mol. The number of rotatable bonds is 10. The fraction of sp³-hybridized carbons (Fsp3) is 0.500. The normalized spacial score (nSPS) is 11.7. The highest BCUT2D eigenvalue weighted by atomic mass is 16.5. The third-order valence-electron chi connectivity index (χ3n) is 3.16. The first-order valence-electron chi connectivity index (χ1n) is 7.33. The maximum Gasteiger partial charge on any atom is 0.222 e. The summed E-state index contributed by atoms with van der Waals surface area (Å²) in [5.74, 6) is 0.444. The van der Waals surface area contributed by atoms with Gasteiger partial charge in [0, 0.05) is 18.9 Å². The predicted octanol–water partition coefficient (Wildman–Crippen LogP) is 1.86. The minimum atomic E-state index is -0.298. The lowest BCUT2D eigenvalue weighted by molar-refractivity contribution is -0.124. The van der Waals surface area contributed by atoms with Crippen LogP contribution in [0.2, 0.25) is 0 Å². The predicted molar refractivity (Wildman–Crippen MR) is 81.8 cm³/mol. The minimum Gasteiger partial charge on any atom is -0.494 e. The van der Waals surface area contributed by atoms with Gasteiger partial charge in [0.05, 0.1) is 6.61 Å². The van der Waals surface area contributed by atoms with E-state index in [0.29, 0.717) is 32.4 Å². The van der Waals surface area contributed by atoms with Crippen LogP contribution >= 0.6 is 0 Å².